The quantitative estimate of drug-likeness (QED) is 0.840. The molecule has 1 aromatic heterocycles. The van der Waals surface area contributed by atoms with Gasteiger partial charge in [-0.25, -0.2) is 0 Å². The smallest absolute Gasteiger partial charge is 0.0672 e. The van der Waals surface area contributed by atoms with E-state index in [4.69, 9.17) is 5.10 Å². The first-order valence-electron chi connectivity index (χ1n) is 8.95. The molecule has 3 atom stereocenters. The van der Waals surface area contributed by atoms with Crippen LogP contribution in [-0.4, -0.2) is 16.3 Å². The van der Waals surface area contributed by atoms with Crippen molar-refractivity contribution < 1.29 is 0 Å². The molecular formula is C18H33N3. The third kappa shape index (κ3) is 3.50. The van der Waals surface area contributed by atoms with Crippen molar-refractivity contribution in [3.8, 4) is 0 Å². The van der Waals surface area contributed by atoms with E-state index in [1.165, 1.54) is 42.6 Å². The van der Waals surface area contributed by atoms with Crippen LogP contribution in [-0.2, 0) is 12.8 Å². The third-order valence-corrected chi connectivity index (χ3v) is 4.99. The van der Waals surface area contributed by atoms with E-state index >= 15 is 0 Å². The summed E-state index contributed by atoms with van der Waals surface area (Å²) in [4.78, 5) is 0. The van der Waals surface area contributed by atoms with E-state index in [1.54, 1.807) is 0 Å². The zero-order valence-electron chi connectivity index (χ0n) is 14.6. The first kappa shape index (κ1) is 16.5. The molecule has 2 rings (SSSR count). The summed E-state index contributed by atoms with van der Waals surface area (Å²) in [6, 6.07) is 1.03. The fourth-order valence-corrected chi connectivity index (χ4v) is 3.98. The van der Waals surface area contributed by atoms with E-state index < -0.39 is 0 Å². The number of rotatable bonds is 6. The van der Waals surface area contributed by atoms with Crippen LogP contribution in [0.25, 0.3) is 0 Å². The third-order valence-electron chi connectivity index (χ3n) is 4.99. The molecule has 3 heteroatoms. The van der Waals surface area contributed by atoms with E-state index in [-0.39, 0.29) is 0 Å². The van der Waals surface area contributed by atoms with Gasteiger partial charge in [-0.3, -0.25) is 4.68 Å². The van der Waals surface area contributed by atoms with Gasteiger partial charge in [-0.2, -0.15) is 5.10 Å². The highest BCUT2D eigenvalue weighted by atomic mass is 15.3. The molecule has 1 aliphatic rings. The molecule has 21 heavy (non-hydrogen) atoms. The Kier molecular flexibility index (Phi) is 5.86. The van der Waals surface area contributed by atoms with Crippen molar-refractivity contribution >= 4 is 0 Å². The summed E-state index contributed by atoms with van der Waals surface area (Å²) in [5.41, 5.74) is 4.25. The van der Waals surface area contributed by atoms with Crippen LogP contribution in [0.2, 0.25) is 0 Å². The molecule has 1 heterocycles. The average Bonchev–Trinajstić information content (AvgIpc) is 2.86. The standard InChI is InChI=1S/C18H33N3/c1-6-16-18(14(5)19-8-3)17(7-2)21(20-16)15-11-9-10-13(4)12-15/h13-15,19H,6-12H2,1-5H3. The van der Waals surface area contributed by atoms with Gasteiger partial charge in [-0.05, 0) is 45.1 Å². The lowest BCUT2D eigenvalue weighted by Gasteiger charge is -2.28. The molecule has 3 nitrogen and oxygen atoms in total. The molecule has 0 radical (unpaired) electrons. The van der Waals surface area contributed by atoms with Gasteiger partial charge >= 0.3 is 0 Å². The van der Waals surface area contributed by atoms with Crippen molar-refractivity contribution in [2.75, 3.05) is 6.54 Å². The summed E-state index contributed by atoms with van der Waals surface area (Å²) in [7, 11) is 0. The Morgan fingerprint density at radius 2 is 2.00 bits per heavy atom. The van der Waals surface area contributed by atoms with Gasteiger partial charge in [0.05, 0.1) is 11.7 Å². The summed E-state index contributed by atoms with van der Waals surface area (Å²) in [6.45, 7) is 12.4. The van der Waals surface area contributed by atoms with Crippen molar-refractivity contribution in [3.05, 3.63) is 17.0 Å². The molecule has 0 aromatic carbocycles. The van der Waals surface area contributed by atoms with Crippen LogP contribution in [0.15, 0.2) is 0 Å². The number of nitrogens with zero attached hydrogens (tertiary/aromatic N) is 2. The molecule has 1 fully saturated rings. The predicted octanol–water partition coefficient (Wildman–Crippen LogP) is 4.43. The number of nitrogens with one attached hydrogen (secondary N) is 1. The van der Waals surface area contributed by atoms with E-state index in [1.807, 2.05) is 0 Å². The Bertz CT molecular complexity index is 450. The number of hydrogen-bond acceptors (Lipinski definition) is 2. The number of aryl methyl sites for hydroxylation is 1. The van der Waals surface area contributed by atoms with Gasteiger partial charge in [0.15, 0.2) is 0 Å². The minimum atomic E-state index is 0.412. The van der Waals surface area contributed by atoms with Gasteiger partial charge in [0.25, 0.3) is 0 Å². The Hall–Kier alpha value is -0.830. The Labute approximate surface area is 130 Å². The fraction of sp³-hybridized carbons (Fsp3) is 0.833. The molecule has 1 saturated carbocycles. The van der Waals surface area contributed by atoms with Crippen molar-refractivity contribution in [1.29, 1.82) is 0 Å². The van der Waals surface area contributed by atoms with E-state index in [9.17, 15) is 0 Å². The molecule has 120 valence electrons. The second-order valence-electron chi connectivity index (χ2n) is 6.66. The maximum atomic E-state index is 5.04. The zero-order valence-corrected chi connectivity index (χ0v) is 14.6. The summed E-state index contributed by atoms with van der Waals surface area (Å²) in [5, 5.41) is 8.62. The lowest BCUT2D eigenvalue weighted by Crippen LogP contribution is -2.22. The van der Waals surface area contributed by atoms with Crippen LogP contribution in [0.1, 0.15) is 89.3 Å². The number of aromatic nitrogens is 2. The van der Waals surface area contributed by atoms with Crippen LogP contribution >= 0.6 is 0 Å². The Balaban J connectivity index is 2.37. The summed E-state index contributed by atoms with van der Waals surface area (Å²) >= 11 is 0. The first-order chi connectivity index (χ1) is 10.1. The minimum Gasteiger partial charge on any atom is -0.310 e. The highest BCUT2D eigenvalue weighted by Crippen LogP contribution is 2.35. The van der Waals surface area contributed by atoms with E-state index in [0.29, 0.717) is 12.1 Å². The van der Waals surface area contributed by atoms with Crippen LogP contribution in [0.5, 0.6) is 0 Å². The van der Waals surface area contributed by atoms with Crippen LogP contribution in [0.4, 0.5) is 0 Å². The highest BCUT2D eigenvalue weighted by molar-refractivity contribution is 5.30. The molecule has 1 aliphatic carbocycles. The Morgan fingerprint density at radius 3 is 2.57 bits per heavy atom. The van der Waals surface area contributed by atoms with Gasteiger partial charge in [-0.1, -0.05) is 40.5 Å². The molecule has 0 aliphatic heterocycles. The van der Waals surface area contributed by atoms with E-state index in [2.05, 4.69) is 44.6 Å². The monoisotopic (exact) mass is 291 g/mol. The lowest BCUT2D eigenvalue weighted by atomic mass is 9.87. The zero-order chi connectivity index (χ0) is 15.4. The van der Waals surface area contributed by atoms with Crippen molar-refractivity contribution in [2.45, 2.75) is 85.2 Å². The van der Waals surface area contributed by atoms with E-state index in [0.717, 1.165) is 25.3 Å². The summed E-state index contributed by atoms with van der Waals surface area (Å²) in [6.07, 6.45) is 7.47. The first-order valence-corrected chi connectivity index (χ1v) is 8.95. The fourth-order valence-electron chi connectivity index (χ4n) is 3.98. The molecule has 0 amide bonds. The molecule has 0 saturated heterocycles. The van der Waals surface area contributed by atoms with Crippen LogP contribution < -0.4 is 5.32 Å². The predicted molar refractivity (Wildman–Crippen MR) is 89.7 cm³/mol. The topological polar surface area (TPSA) is 29.9 Å². The van der Waals surface area contributed by atoms with Gasteiger partial charge in [-0.15, -0.1) is 0 Å². The Morgan fingerprint density at radius 1 is 1.24 bits per heavy atom. The van der Waals surface area contributed by atoms with Crippen molar-refractivity contribution in [3.63, 3.8) is 0 Å². The normalized spacial score (nSPS) is 24.2. The minimum absolute atomic E-state index is 0.412. The molecule has 3 unspecified atom stereocenters. The lowest BCUT2D eigenvalue weighted by molar-refractivity contribution is 0.261. The second kappa shape index (κ2) is 7.44. The van der Waals surface area contributed by atoms with Crippen molar-refractivity contribution in [2.24, 2.45) is 5.92 Å². The molecule has 1 aromatic rings. The second-order valence-corrected chi connectivity index (χ2v) is 6.66. The van der Waals surface area contributed by atoms with Gasteiger partial charge < -0.3 is 5.32 Å². The maximum absolute atomic E-state index is 5.04. The molecule has 1 N–H and O–H groups in total. The summed E-state index contributed by atoms with van der Waals surface area (Å²) in [5.74, 6) is 0.845. The van der Waals surface area contributed by atoms with Crippen molar-refractivity contribution in [1.82, 2.24) is 15.1 Å². The van der Waals surface area contributed by atoms with Gasteiger partial charge in [0.1, 0.15) is 0 Å². The number of hydrogen-bond donors (Lipinski definition) is 1. The largest absolute Gasteiger partial charge is 0.310 e. The molecule has 0 bridgehead atoms. The SMILES string of the molecule is CCNC(C)c1c(CC)nn(C2CCCC(C)C2)c1CC. The molecule has 0 spiro atoms. The van der Waals surface area contributed by atoms with Gasteiger partial charge in [0, 0.05) is 17.3 Å². The average molecular weight is 291 g/mol. The molecular weight excluding hydrogens is 258 g/mol. The summed E-state index contributed by atoms with van der Waals surface area (Å²) < 4.78 is 2.40. The highest BCUT2D eigenvalue weighted by Gasteiger charge is 2.27. The van der Waals surface area contributed by atoms with Gasteiger partial charge in [0.2, 0.25) is 0 Å². The maximum Gasteiger partial charge on any atom is 0.0672 e. The van der Waals surface area contributed by atoms with Crippen LogP contribution in [0.3, 0.4) is 0 Å². The van der Waals surface area contributed by atoms with Crippen LogP contribution in [0, 0.1) is 5.92 Å².